The van der Waals surface area contributed by atoms with Gasteiger partial charge in [-0.3, -0.25) is 0 Å². The van der Waals surface area contributed by atoms with Crippen molar-refractivity contribution >= 4 is 5.69 Å². The van der Waals surface area contributed by atoms with Crippen molar-refractivity contribution in [1.82, 2.24) is 20.2 Å². The van der Waals surface area contributed by atoms with E-state index in [1.807, 2.05) is 25.1 Å². The van der Waals surface area contributed by atoms with E-state index in [0.717, 1.165) is 11.1 Å². The second-order valence-corrected chi connectivity index (χ2v) is 5.12. The number of aryl methyl sites for hydroxylation is 1. The summed E-state index contributed by atoms with van der Waals surface area (Å²) >= 11 is 0. The number of rotatable bonds is 1. The lowest BCUT2D eigenvalue weighted by Gasteiger charge is -2.21. The van der Waals surface area contributed by atoms with Crippen LogP contribution in [0.4, 0.5) is 5.69 Å². The first-order valence-electron chi connectivity index (χ1n) is 5.55. The maximum Gasteiger partial charge on any atom is 0.184 e. The summed E-state index contributed by atoms with van der Waals surface area (Å²) in [5.74, 6) is 0.716. The quantitative estimate of drug-likeness (QED) is 0.762. The number of nitrogen functional groups attached to an aromatic ring is 1. The third-order valence-corrected chi connectivity index (χ3v) is 2.63. The van der Waals surface area contributed by atoms with Gasteiger partial charge in [0.05, 0.1) is 5.54 Å². The molecule has 5 nitrogen and oxygen atoms in total. The van der Waals surface area contributed by atoms with E-state index in [1.165, 1.54) is 0 Å². The summed E-state index contributed by atoms with van der Waals surface area (Å²) in [4.78, 5) is 0. The molecule has 0 atom stereocenters. The molecule has 0 bridgehead atoms. The summed E-state index contributed by atoms with van der Waals surface area (Å²) in [7, 11) is 0. The first-order valence-corrected chi connectivity index (χ1v) is 5.55. The first kappa shape index (κ1) is 11.6. The minimum absolute atomic E-state index is 0.173. The Balaban J connectivity index is 2.66. The molecule has 0 aliphatic carbocycles. The molecule has 90 valence electrons. The fourth-order valence-electron chi connectivity index (χ4n) is 1.79. The van der Waals surface area contributed by atoms with Gasteiger partial charge in [0.15, 0.2) is 5.82 Å². The summed E-state index contributed by atoms with van der Waals surface area (Å²) in [5, 5.41) is 11.9. The van der Waals surface area contributed by atoms with Crippen LogP contribution >= 0.6 is 0 Å². The number of tetrazole rings is 1. The van der Waals surface area contributed by atoms with Crippen molar-refractivity contribution < 1.29 is 0 Å². The number of nitrogens with zero attached hydrogens (tertiary/aromatic N) is 4. The molecule has 0 unspecified atom stereocenters. The minimum atomic E-state index is -0.173. The lowest BCUT2D eigenvalue weighted by atomic mass is 10.0. The second-order valence-electron chi connectivity index (χ2n) is 5.12. The molecule has 2 aromatic rings. The second kappa shape index (κ2) is 3.84. The van der Waals surface area contributed by atoms with E-state index in [0.29, 0.717) is 11.5 Å². The molecular weight excluding hydrogens is 214 g/mol. The van der Waals surface area contributed by atoms with E-state index < -0.39 is 0 Å². The third-order valence-electron chi connectivity index (χ3n) is 2.63. The van der Waals surface area contributed by atoms with Gasteiger partial charge in [0.25, 0.3) is 0 Å². The SMILES string of the molecule is Cc1cccc(N)c1-c1nnnn1C(C)(C)C. The van der Waals surface area contributed by atoms with E-state index in [9.17, 15) is 0 Å². The van der Waals surface area contributed by atoms with Gasteiger partial charge in [-0.1, -0.05) is 12.1 Å². The van der Waals surface area contributed by atoms with E-state index in [2.05, 4.69) is 36.3 Å². The highest BCUT2D eigenvalue weighted by Crippen LogP contribution is 2.29. The van der Waals surface area contributed by atoms with Gasteiger partial charge in [0.1, 0.15) is 0 Å². The number of aromatic nitrogens is 4. The molecular formula is C12H17N5. The number of anilines is 1. The van der Waals surface area contributed by atoms with Gasteiger partial charge in [0.2, 0.25) is 0 Å². The highest BCUT2D eigenvalue weighted by molar-refractivity contribution is 5.74. The van der Waals surface area contributed by atoms with Crippen LogP contribution in [0.5, 0.6) is 0 Å². The number of hydrogen-bond donors (Lipinski definition) is 1. The van der Waals surface area contributed by atoms with Crippen LogP contribution in [0.25, 0.3) is 11.4 Å². The summed E-state index contributed by atoms with van der Waals surface area (Å²) < 4.78 is 1.80. The molecule has 1 aromatic carbocycles. The van der Waals surface area contributed by atoms with Gasteiger partial charge in [-0.2, -0.15) is 0 Å². The molecule has 1 heterocycles. The molecule has 0 amide bonds. The standard InChI is InChI=1S/C12H17N5/c1-8-6-5-7-9(13)10(8)11-14-15-16-17(11)12(2,3)4/h5-7H,13H2,1-4H3. The van der Waals surface area contributed by atoms with Gasteiger partial charge in [-0.15, -0.1) is 5.10 Å². The lowest BCUT2D eigenvalue weighted by Crippen LogP contribution is -2.24. The predicted octanol–water partition coefficient (Wildman–Crippen LogP) is 1.99. The van der Waals surface area contributed by atoms with Crippen LogP contribution in [-0.2, 0) is 5.54 Å². The van der Waals surface area contributed by atoms with E-state index >= 15 is 0 Å². The normalized spacial score (nSPS) is 11.8. The van der Waals surface area contributed by atoms with Crippen molar-refractivity contribution in [2.75, 3.05) is 5.73 Å². The van der Waals surface area contributed by atoms with E-state index in [4.69, 9.17) is 5.73 Å². The zero-order chi connectivity index (χ0) is 12.6. The fourth-order valence-corrected chi connectivity index (χ4v) is 1.79. The highest BCUT2D eigenvalue weighted by Gasteiger charge is 2.22. The van der Waals surface area contributed by atoms with Gasteiger partial charge < -0.3 is 5.73 Å². The Hall–Kier alpha value is -1.91. The zero-order valence-electron chi connectivity index (χ0n) is 10.6. The smallest absolute Gasteiger partial charge is 0.184 e. The van der Waals surface area contributed by atoms with Crippen LogP contribution in [0.3, 0.4) is 0 Å². The van der Waals surface area contributed by atoms with Crippen LogP contribution < -0.4 is 5.73 Å². The Morgan fingerprint density at radius 2 is 1.94 bits per heavy atom. The summed E-state index contributed by atoms with van der Waals surface area (Å²) in [6.07, 6.45) is 0. The number of benzene rings is 1. The van der Waals surface area contributed by atoms with Crippen molar-refractivity contribution in [3.8, 4) is 11.4 Å². The fraction of sp³-hybridized carbons (Fsp3) is 0.417. The van der Waals surface area contributed by atoms with Gasteiger partial charge in [-0.05, 0) is 49.8 Å². The summed E-state index contributed by atoms with van der Waals surface area (Å²) in [6.45, 7) is 8.18. The zero-order valence-corrected chi connectivity index (χ0v) is 10.6. The topological polar surface area (TPSA) is 69.6 Å². The predicted molar refractivity (Wildman–Crippen MR) is 67.4 cm³/mol. The van der Waals surface area contributed by atoms with Crippen molar-refractivity contribution in [3.05, 3.63) is 23.8 Å². The Morgan fingerprint density at radius 3 is 2.53 bits per heavy atom. The van der Waals surface area contributed by atoms with Crippen molar-refractivity contribution in [1.29, 1.82) is 0 Å². The van der Waals surface area contributed by atoms with Crippen molar-refractivity contribution in [3.63, 3.8) is 0 Å². The number of hydrogen-bond acceptors (Lipinski definition) is 4. The molecule has 5 heteroatoms. The van der Waals surface area contributed by atoms with Crippen LogP contribution in [-0.4, -0.2) is 20.2 Å². The van der Waals surface area contributed by atoms with Gasteiger partial charge in [-0.25, -0.2) is 4.68 Å². The Morgan fingerprint density at radius 1 is 1.24 bits per heavy atom. The highest BCUT2D eigenvalue weighted by atomic mass is 15.6. The average molecular weight is 231 g/mol. The first-order chi connectivity index (χ1) is 7.91. The molecule has 0 radical (unpaired) electrons. The Labute approximate surface area is 101 Å². The molecule has 0 aliphatic heterocycles. The maximum atomic E-state index is 6.02. The van der Waals surface area contributed by atoms with Gasteiger partial charge in [0, 0.05) is 11.3 Å². The molecule has 0 fully saturated rings. The van der Waals surface area contributed by atoms with Gasteiger partial charge >= 0.3 is 0 Å². The van der Waals surface area contributed by atoms with Crippen LogP contribution in [0.15, 0.2) is 18.2 Å². The molecule has 0 aliphatic rings. The Kier molecular flexibility index (Phi) is 2.61. The molecule has 1 aromatic heterocycles. The van der Waals surface area contributed by atoms with Crippen LogP contribution in [0.2, 0.25) is 0 Å². The maximum absolute atomic E-state index is 6.02. The minimum Gasteiger partial charge on any atom is -0.398 e. The van der Waals surface area contributed by atoms with E-state index in [-0.39, 0.29) is 5.54 Å². The van der Waals surface area contributed by atoms with Crippen LogP contribution in [0.1, 0.15) is 26.3 Å². The Bertz CT molecular complexity index is 516. The molecule has 2 N–H and O–H groups in total. The monoisotopic (exact) mass is 231 g/mol. The lowest BCUT2D eigenvalue weighted by molar-refractivity contribution is 0.351. The molecule has 0 spiro atoms. The van der Waals surface area contributed by atoms with Crippen LogP contribution in [0, 0.1) is 6.92 Å². The third kappa shape index (κ3) is 2.00. The van der Waals surface area contributed by atoms with Crippen molar-refractivity contribution in [2.45, 2.75) is 33.2 Å². The summed E-state index contributed by atoms with van der Waals surface area (Å²) in [5.41, 5.74) is 8.53. The molecule has 0 saturated heterocycles. The molecule has 0 saturated carbocycles. The largest absolute Gasteiger partial charge is 0.398 e. The van der Waals surface area contributed by atoms with E-state index in [1.54, 1.807) is 4.68 Å². The average Bonchev–Trinajstić information content (AvgIpc) is 2.65. The number of nitrogens with two attached hydrogens (primary N) is 1. The summed E-state index contributed by atoms with van der Waals surface area (Å²) in [6, 6.07) is 5.80. The molecule has 2 rings (SSSR count). The molecule has 17 heavy (non-hydrogen) atoms. The van der Waals surface area contributed by atoms with Crippen molar-refractivity contribution in [2.24, 2.45) is 0 Å².